The maximum Gasteiger partial charge on any atom is 0.230 e. The first-order valence-corrected chi connectivity index (χ1v) is 8.58. The van der Waals surface area contributed by atoms with Crippen molar-refractivity contribution in [1.82, 2.24) is 25.1 Å². The molecule has 0 aliphatic carbocycles. The summed E-state index contributed by atoms with van der Waals surface area (Å²) in [4.78, 5) is 15.8. The monoisotopic (exact) mass is 331 g/mol. The van der Waals surface area contributed by atoms with E-state index in [2.05, 4.69) is 34.0 Å². The van der Waals surface area contributed by atoms with Gasteiger partial charge in [0.2, 0.25) is 5.91 Å². The number of hydrogen-bond donors (Lipinski definition) is 1. The molecule has 0 bridgehead atoms. The van der Waals surface area contributed by atoms with Crippen molar-refractivity contribution in [2.24, 2.45) is 0 Å². The highest BCUT2D eigenvalue weighted by Gasteiger charge is 2.14. The summed E-state index contributed by atoms with van der Waals surface area (Å²) < 4.78 is 1.95. The molecule has 122 valence electrons. The van der Waals surface area contributed by atoms with E-state index in [4.69, 9.17) is 0 Å². The Balaban J connectivity index is 2.06. The van der Waals surface area contributed by atoms with Crippen LogP contribution in [0.3, 0.4) is 0 Å². The zero-order valence-electron chi connectivity index (χ0n) is 13.2. The molecule has 0 spiro atoms. The number of aromatic nitrogens is 4. The van der Waals surface area contributed by atoms with Crippen molar-refractivity contribution in [3.8, 4) is 11.4 Å². The van der Waals surface area contributed by atoms with Gasteiger partial charge < -0.3 is 5.32 Å². The molecule has 23 heavy (non-hydrogen) atoms. The Labute approximate surface area is 140 Å². The fraction of sp³-hybridized carbons (Fsp3) is 0.375. The lowest BCUT2D eigenvalue weighted by atomic mass is 10.2. The van der Waals surface area contributed by atoms with Gasteiger partial charge in [-0.15, -0.1) is 16.8 Å². The third-order valence-electron chi connectivity index (χ3n) is 3.15. The van der Waals surface area contributed by atoms with E-state index in [1.165, 1.54) is 11.8 Å². The van der Waals surface area contributed by atoms with Crippen molar-refractivity contribution in [3.05, 3.63) is 37.2 Å². The molecule has 0 aliphatic heterocycles. The van der Waals surface area contributed by atoms with E-state index in [1.54, 1.807) is 18.5 Å². The molecular formula is C16H21N5OS. The summed E-state index contributed by atoms with van der Waals surface area (Å²) in [5, 5.41) is 12.1. The third-order valence-corrected chi connectivity index (χ3v) is 4.12. The number of carbonyl (C=O) groups is 1. The van der Waals surface area contributed by atoms with Crippen LogP contribution in [0.2, 0.25) is 0 Å². The van der Waals surface area contributed by atoms with Gasteiger partial charge in [0, 0.05) is 31.0 Å². The number of nitrogens with zero attached hydrogens (tertiary/aromatic N) is 4. The first kappa shape index (κ1) is 17.2. The number of rotatable bonds is 9. The van der Waals surface area contributed by atoms with Crippen LogP contribution >= 0.6 is 11.8 Å². The third kappa shape index (κ3) is 4.92. The van der Waals surface area contributed by atoms with Crippen LogP contribution in [0.5, 0.6) is 0 Å². The van der Waals surface area contributed by atoms with Crippen LogP contribution in [0, 0.1) is 0 Å². The molecule has 0 saturated carbocycles. The van der Waals surface area contributed by atoms with Crippen molar-refractivity contribution in [1.29, 1.82) is 0 Å². The Morgan fingerprint density at radius 2 is 2.17 bits per heavy atom. The Morgan fingerprint density at radius 1 is 1.39 bits per heavy atom. The predicted octanol–water partition coefficient (Wildman–Crippen LogP) is 2.53. The van der Waals surface area contributed by atoms with Gasteiger partial charge in [0.25, 0.3) is 0 Å². The molecule has 0 radical (unpaired) electrons. The van der Waals surface area contributed by atoms with E-state index in [1.807, 2.05) is 16.7 Å². The molecule has 2 rings (SSSR count). The topological polar surface area (TPSA) is 72.7 Å². The van der Waals surface area contributed by atoms with Crippen LogP contribution in [0.1, 0.15) is 19.8 Å². The maximum absolute atomic E-state index is 11.8. The molecule has 0 aliphatic rings. The summed E-state index contributed by atoms with van der Waals surface area (Å²) in [6.45, 7) is 7.18. The molecular weight excluding hydrogens is 310 g/mol. The minimum absolute atomic E-state index is 0.0158. The minimum Gasteiger partial charge on any atom is -0.355 e. The van der Waals surface area contributed by atoms with Crippen LogP contribution in [-0.2, 0) is 11.3 Å². The van der Waals surface area contributed by atoms with Crippen LogP contribution in [0.4, 0.5) is 0 Å². The van der Waals surface area contributed by atoms with Gasteiger partial charge in [-0.2, -0.15) is 0 Å². The number of unbranched alkanes of at least 4 members (excludes halogenated alkanes) is 1. The first-order valence-electron chi connectivity index (χ1n) is 7.60. The molecule has 0 unspecified atom stereocenters. The number of pyridine rings is 1. The summed E-state index contributed by atoms with van der Waals surface area (Å²) in [7, 11) is 0. The highest BCUT2D eigenvalue weighted by Crippen LogP contribution is 2.23. The largest absolute Gasteiger partial charge is 0.355 e. The molecule has 0 atom stereocenters. The lowest BCUT2D eigenvalue weighted by Gasteiger charge is -2.08. The molecule has 2 aromatic rings. The number of allylic oxidation sites excluding steroid dienone is 1. The average Bonchev–Trinajstić information content (AvgIpc) is 2.97. The van der Waals surface area contributed by atoms with Gasteiger partial charge in [-0.25, -0.2) is 0 Å². The zero-order valence-corrected chi connectivity index (χ0v) is 14.1. The van der Waals surface area contributed by atoms with E-state index in [9.17, 15) is 4.79 Å². The SMILES string of the molecule is C=CCn1c(SCC(=O)NCCCC)nnc1-c1ccncc1. The van der Waals surface area contributed by atoms with E-state index in [0.29, 0.717) is 17.5 Å². The minimum atomic E-state index is 0.0158. The molecule has 0 fully saturated rings. The smallest absolute Gasteiger partial charge is 0.230 e. The van der Waals surface area contributed by atoms with Gasteiger partial charge in [0.1, 0.15) is 0 Å². The Morgan fingerprint density at radius 3 is 2.87 bits per heavy atom. The van der Waals surface area contributed by atoms with E-state index in [-0.39, 0.29) is 5.91 Å². The fourth-order valence-electron chi connectivity index (χ4n) is 1.99. The van der Waals surface area contributed by atoms with Crippen LogP contribution in [-0.4, -0.2) is 38.0 Å². The molecule has 0 saturated heterocycles. The van der Waals surface area contributed by atoms with Crippen molar-refractivity contribution in [2.75, 3.05) is 12.3 Å². The van der Waals surface area contributed by atoms with Gasteiger partial charge in [0.05, 0.1) is 5.75 Å². The summed E-state index contributed by atoms with van der Waals surface area (Å²) in [5.41, 5.74) is 0.939. The summed E-state index contributed by atoms with van der Waals surface area (Å²) in [6, 6.07) is 3.77. The standard InChI is InChI=1S/C16H21N5OS/c1-3-5-8-18-14(22)12-23-16-20-19-15(21(16)11-4-2)13-6-9-17-10-7-13/h4,6-7,9-10H,2-3,5,8,11-12H2,1H3,(H,18,22). The van der Waals surface area contributed by atoms with Gasteiger partial charge in [-0.1, -0.05) is 31.2 Å². The van der Waals surface area contributed by atoms with Crippen molar-refractivity contribution < 1.29 is 4.79 Å². The number of hydrogen-bond acceptors (Lipinski definition) is 5. The van der Waals surface area contributed by atoms with Crippen LogP contribution in [0.25, 0.3) is 11.4 Å². The summed E-state index contributed by atoms with van der Waals surface area (Å²) in [5.74, 6) is 1.10. The predicted molar refractivity (Wildman–Crippen MR) is 92.1 cm³/mol. The highest BCUT2D eigenvalue weighted by atomic mass is 32.2. The van der Waals surface area contributed by atoms with Crippen LogP contribution in [0.15, 0.2) is 42.3 Å². The number of carbonyl (C=O) groups excluding carboxylic acids is 1. The maximum atomic E-state index is 11.8. The lowest BCUT2D eigenvalue weighted by Crippen LogP contribution is -2.26. The highest BCUT2D eigenvalue weighted by molar-refractivity contribution is 7.99. The molecule has 2 aromatic heterocycles. The Bertz CT molecular complexity index is 641. The Hall–Kier alpha value is -2.15. The quantitative estimate of drug-likeness (QED) is 0.434. The second-order valence-corrected chi connectivity index (χ2v) is 5.88. The number of amides is 1. The summed E-state index contributed by atoms with van der Waals surface area (Å²) >= 11 is 1.38. The van der Waals surface area contributed by atoms with E-state index >= 15 is 0 Å². The molecule has 1 N–H and O–H groups in total. The zero-order chi connectivity index (χ0) is 16.5. The molecule has 6 nitrogen and oxygen atoms in total. The van der Waals surface area contributed by atoms with Gasteiger partial charge >= 0.3 is 0 Å². The fourth-order valence-corrected chi connectivity index (χ4v) is 2.77. The van der Waals surface area contributed by atoms with Crippen molar-refractivity contribution in [3.63, 3.8) is 0 Å². The Kier molecular flexibility index (Phi) is 6.80. The van der Waals surface area contributed by atoms with Crippen LogP contribution < -0.4 is 5.32 Å². The molecule has 7 heteroatoms. The van der Waals surface area contributed by atoms with Gasteiger partial charge in [-0.05, 0) is 18.6 Å². The second-order valence-electron chi connectivity index (χ2n) is 4.93. The normalized spacial score (nSPS) is 10.5. The number of nitrogens with one attached hydrogen (secondary N) is 1. The van der Waals surface area contributed by atoms with Crippen molar-refractivity contribution in [2.45, 2.75) is 31.5 Å². The molecule has 0 aromatic carbocycles. The van der Waals surface area contributed by atoms with Gasteiger partial charge in [0.15, 0.2) is 11.0 Å². The second kappa shape index (κ2) is 9.09. The molecule has 1 amide bonds. The van der Waals surface area contributed by atoms with E-state index in [0.717, 1.165) is 30.8 Å². The van der Waals surface area contributed by atoms with Gasteiger partial charge in [-0.3, -0.25) is 14.3 Å². The summed E-state index contributed by atoms with van der Waals surface area (Å²) in [6.07, 6.45) is 7.29. The number of thioether (sulfide) groups is 1. The van der Waals surface area contributed by atoms with Crippen molar-refractivity contribution >= 4 is 17.7 Å². The first-order chi connectivity index (χ1) is 11.3. The van der Waals surface area contributed by atoms with E-state index < -0.39 is 0 Å². The lowest BCUT2D eigenvalue weighted by molar-refractivity contribution is -0.118. The molecule has 2 heterocycles. The average molecular weight is 331 g/mol.